The van der Waals surface area contributed by atoms with Gasteiger partial charge in [-0.15, -0.1) is 0 Å². The molecular weight excluding hydrogens is 258 g/mol. The van der Waals surface area contributed by atoms with Gasteiger partial charge < -0.3 is 13.9 Å². The maximum absolute atomic E-state index is 11.7. The number of furan rings is 1. The highest BCUT2D eigenvalue weighted by atomic mass is 16.5. The molecule has 2 aromatic heterocycles. The van der Waals surface area contributed by atoms with Crippen molar-refractivity contribution in [2.24, 2.45) is 0 Å². The number of pyridine rings is 1. The Bertz CT molecular complexity index is 536. The van der Waals surface area contributed by atoms with Crippen LogP contribution in [0.3, 0.4) is 0 Å². The number of aromatic nitrogens is 1. The minimum absolute atomic E-state index is 0.209. The molecule has 2 heterocycles. The first-order valence-corrected chi connectivity index (χ1v) is 6.43. The monoisotopic (exact) mass is 275 g/mol. The third-order valence-corrected chi connectivity index (χ3v) is 2.74. The fourth-order valence-corrected chi connectivity index (χ4v) is 1.77. The van der Waals surface area contributed by atoms with Gasteiger partial charge in [0.05, 0.1) is 6.61 Å². The van der Waals surface area contributed by atoms with Crippen LogP contribution < -0.4 is 0 Å². The van der Waals surface area contributed by atoms with E-state index >= 15 is 0 Å². The van der Waals surface area contributed by atoms with Gasteiger partial charge >= 0.3 is 5.97 Å². The van der Waals surface area contributed by atoms with E-state index in [1.807, 2.05) is 12.1 Å². The lowest BCUT2D eigenvalue weighted by atomic mass is 10.1. The molecule has 0 fully saturated rings. The molecule has 0 radical (unpaired) electrons. The number of carbonyl (C=O) groups is 1. The smallest absolute Gasteiger partial charge is 0.374 e. The van der Waals surface area contributed by atoms with E-state index in [1.54, 1.807) is 31.6 Å². The standard InChI is InChI=1S/C15H17NO4/c1-18-11-13-4-5-14(20-13)15(17)19-10-2-3-12-6-8-16-9-7-12/h4-9H,2-3,10-11H2,1H3. The molecular formula is C15H17NO4. The van der Waals surface area contributed by atoms with E-state index in [-0.39, 0.29) is 5.76 Å². The molecule has 0 saturated heterocycles. The van der Waals surface area contributed by atoms with Gasteiger partial charge in [0.25, 0.3) is 0 Å². The van der Waals surface area contributed by atoms with E-state index in [2.05, 4.69) is 4.98 Å². The predicted molar refractivity (Wildman–Crippen MR) is 72.3 cm³/mol. The lowest BCUT2D eigenvalue weighted by molar-refractivity contribution is 0.0458. The van der Waals surface area contributed by atoms with Crippen LogP contribution in [0.2, 0.25) is 0 Å². The second-order valence-electron chi connectivity index (χ2n) is 4.29. The molecule has 0 saturated carbocycles. The summed E-state index contributed by atoms with van der Waals surface area (Å²) in [6.45, 7) is 0.705. The van der Waals surface area contributed by atoms with Crippen LogP contribution in [-0.2, 0) is 22.5 Å². The summed E-state index contributed by atoms with van der Waals surface area (Å²) in [5.74, 6) is 0.374. The summed E-state index contributed by atoms with van der Waals surface area (Å²) in [5, 5.41) is 0. The first kappa shape index (κ1) is 14.3. The third-order valence-electron chi connectivity index (χ3n) is 2.74. The molecule has 0 aliphatic carbocycles. The average molecular weight is 275 g/mol. The lowest BCUT2D eigenvalue weighted by Crippen LogP contribution is -2.06. The number of ether oxygens (including phenoxy) is 2. The molecule has 106 valence electrons. The summed E-state index contributed by atoms with van der Waals surface area (Å²) in [5.41, 5.74) is 1.18. The molecule has 0 spiro atoms. The molecule has 0 N–H and O–H groups in total. The minimum atomic E-state index is -0.443. The number of esters is 1. The Balaban J connectivity index is 1.72. The number of carbonyl (C=O) groups excluding carboxylic acids is 1. The number of rotatable bonds is 7. The Hall–Kier alpha value is -2.14. The molecule has 0 unspecified atom stereocenters. The Morgan fingerprint density at radius 1 is 1.25 bits per heavy atom. The molecule has 0 aliphatic rings. The van der Waals surface area contributed by atoms with Crippen LogP contribution >= 0.6 is 0 Å². The average Bonchev–Trinajstić information content (AvgIpc) is 2.94. The molecule has 0 aliphatic heterocycles. The van der Waals surface area contributed by atoms with Gasteiger partial charge in [-0.3, -0.25) is 4.98 Å². The van der Waals surface area contributed by atoms with E-state index in [4.69, 9.17) is 13.9 Å². The zero-order chi connectivity index (χ0) is 14.2. The molecule has 5 nitrogen and oxygen atoms in total. The van der Waals surface area contributed by atoms with Gasteiger partial charge in [-0.2, -0.15) is 0 Å². The summed E-state index contributed by atoms with van der Waals surface area (Å²) in [6.07, 6.45) is 5.12. The number of aryl methyl sites for hydroxylation is 1. The van der Waals surface area contributed by atoms with Crippen molar-refractivity contribution in [1.82, 2.24) is 4.98 Å². The molecule has 0 atom stereocenters. The molecule has 0 aromatic carbocycles. The highest BCUT2D eigenvalue weighted by Gasteiger charge is 2.12. The highest BCUT2D eigenvalue weighted by Crippen LogP contribution is 2.10. The van der Waals surface area contributed by atoms with Gasteiger partial charge in [0, 0.05) is 19.5 Å². The SMILES string of the molecule is COCc1ccc(C(=O)OCCCc2ccncc2)o1. The summed E-state index contributed by atoms with van der Waals surface area (Å²) in [4.78, 5) is 15.7. The van der Waals surface area contributed by atoms with Gasteiger partial charge in [0.1, 0.15) is 12.4 Å². The van der Waals surface area contributed by atoms with E-state index in [1.165, 1.54) is 5.56 Å². The number of hydrogen-bond acceptors (Lipinski definition) is 5. The summed E-state index contributed by atoms with van der Waals surface area (Å²) in [7, 11) is 1.57. The van der Waals surface area contributed by atoms with Crippen molar-refractivity contribution >= 4 is 5.97 Å². The van der Waals surface area contributed by atoms with Crippen molar-refractivity contribution in [1.29, 1.82) is 0 Å². The first-order valence-electron chi connectivity index (χ1n) is 6.43. The molecule has 0 bridgehead atoms. The van der Waals surface area contributed by atoms with E-state index in [0.717, 1.165) is 12.8 Å². The zero-order valence-corrected chi connectivity index (χ0v) is 11.4. The van der Waals surface area contributed by atoms with Crippen LogP contribution in [0, 0.1) is 0 Å². The van der Waals surface area contributed by atoms with Crippen LogP contribution in [0.5, 0.6) is 0 Å². The van der Waals surface area contributed by atoms with Crippen molar-refractivity contribution in [3.63, 3.8) is 0 Å². The third kappa shape index (κ3) is 4.20. The van der Waals surface area contributed by atoms with Gasteiger partial charge in [-0.25, -0.2) is 4.79 Å². The van der Waals surface area contributed by atoms with E-state index in [9.17, 15) is 4.79 Å². The second-order valence-corrected chi connectivity index (χ2v) is 4.29. The number of hydrogen-bond donors (Lipinski definition) is 0. The highest BCUT2D eigenvalue weighted by molar-refractivity contribution is 5.86. The van der Waals surface area contributed by atoms with Gasteiger partial charge in [-0.05, 0) is 42.7 Å². The Morgan fingerprint density at radius 2 is 2.05 bits per heavy atom. The second kappa shape index (κ2) is 7.45. The van der Waals surface area contributed by atoms with Crippen molar-refractivity contribution in [3.8, 4) is 0 Å². The summed E-state index contributed by atoms with van der Waals surface area (Å²) < 4.78 is 15.4. The Morgan fingerprint density at radius 3 is 2.80 bits per heavy atom. The van der Waals surface area contributed by atoms with Crippen molar-refractivity contribution in [3.05, 3.63) is 53.7 Å². The van der Waals surface area contributed by atoms with Crippen LogP contribution in [-0.4, -0.2) is 24.7 Å². The Kier molecular flexibility index (Phi) is 5.32. The molecule has 20 heavy (non-hydrogen) atoms. The lowest BCUT2D eigenvalue weighted by Gasteiger charge is -2.03. The van der Waals surface area contributed by atoms with Gasteiger partial charge in [0.2, 0.25) is 5.76 Å². The van der Waals surface area contributed by atoms with E-state index < -0.39 is 5.97 Å². The maximum atomic E-state index is 11.7. The molecule has 0 amide bonds. The number of nitrogens with zero attached hydrogens (tertiary/aromatic N) is 1. The molecule has 2 aromatic rings. The number of methoxy groups -OCH3 is 1. The maximum Gasteiger partial charge on any atom is 0.374 e. The van der Waals surface area contributed by atoms with Crippen LogP contribution in [0.1, 0.15) is 28.3 Å². The molecule has 2 rings (SSSR count). The van der Waals surface area contributed by atoms with Crippen LogP contribution in [0.25, 0.3) is 0 Å². The predicted octanol–water partition coefficient (Wildman–Crippen LogP) is 2.61. The fraction of sp³-hybridized carbons (Fsp3) is 0.333. The minimum Gasteiger partial charge on any atom is -0.460 e. The molecule has 5 heteroatoms. The van der Waals surface area contributed by atoms with Crippen LogP contribution in [0.15, 0.2) is 41.1 Å². The first-order chi connectivity index (χ1) is 9.79. The Labute approximate surface area is 117 Å². The fourth-order valence-electron chi connectivity index (χ4n) is 1.77. The van der Waals surface area contributed by atoms with Gasteiger partial charge in [0.15, 0.2) is 0 Å². The van der Waals surface area contributed by atoms with Crippen molar-refractivity contribution in [2.75, 3.05) is 13.7 Å². The van der Waals surface area contributed by atoms with Crippen molar-refractivity contribution < 1.29 is 18.7 Å². The van der Waals surface area contributed by atoms with Crippen LogP contribution in [0.4, 0.5) is 0 Å². The zero-order valence-electron chi connectivity index (χ0n) is 11.4. The largest absolute Gasteiger partial charge is 0.460 e. The quantitative estimate of drug-likeness (QED) is 0.574. The van der Waals surface area contributed by atoms with Crippen molar-refractivity contribution in [2.45, 2.75) is 19.4 Å². The van der Waals surface area contributed by atoms with E-state index in [0.29, 0.717) is 19.0 Å². The summed E-state index contributed by atoms with van der Waals surface area (Å²) >= 11 is 0. The topological polar surface area (TPSA) is 61.6 Å². The van der Waals surface area contributed by atoms with Gasteiger partial charge in [-0.1, -0.05) is 0 Å². The normalized spacial score (nSPS) is 10.4. The summed E-state index contributed by atoms with van der Waals surface area (Å²) in [6, 6.07) is 7.20.